The van der Waals surface area contributed by atoms with E-state index in [4.69, 9.17) is 11.6 Å². The van der Waals surface area contributed by atoms with Crippen LogP contribution in [0.4, 0.5) is 0 Å². The number of hydrogen-bond donors (Lipinski definition) is 1. The van der Waals surface area contributed by atoms with Crippen molar-refractivity contribution in [1.29, 1.82) is 0 Å². The van der Waals surface area contributed by atoms with Crippen LogP contribution in [0.1, 0.15) is 0 Å². The zero-order chi connectivity index (χ0) is 16.0. The van der Waals surface area contributed by atoms with Crippen molar-refractivity contribution < 1.29 is 5.11 Å². The third-order valence-corrected chi connectivity index (χ3v) is 4.12. The first-order chi connectivity index (χ1) is 11.1. The summed E-state index contributed by atoms with van der Waals surface area (Å²) in [5, 5.41) is 14.5. The molecule has 4 rings (SSSR count). The van der Waals surface area contributed by atoms with Gasteiger partial charge in [0, 0.05) is 24.9 Å². The Balaban J connectivity index is 1.98. The predicted molar refractivity (Wildman–Crippen MR) is 89.9 cm³/mol. The predicted octanol–water partition coefficient (Wildman–Crippen LogP) is 3.79. The molecule has 0 fully saturated rings. The van der Waals surface area contributed by atoms with E-state index in [-0.39, 0.29) is 5.75 Å². The molecule has 0 saturated heterocycles. The molecular formula is C17H13ClN4O. The van der Waals surface area contributed by atoms with Crippen LogP contribution in [0.5, 0.6) is 5.75 Å². The number of hydrogen-bond acceptors (Lipinski definition) is 3. The normalized spacial score (nSPS) is 11.2. The van der Waals surface area contributed by atoms with Gasteiger partial charge in [0.25, 0.3) is 0 Å². The van der Waals surface area contributed by atoms with Gasteiger partial charge < -0.3 is 5.11 Å². The van der Waals surface area contributed by atoms with Gasteiger partial charge in [0.1, 0.15) is 17.6 Å². The van der Waals surface area contributed by atoms with Crippen LogP contribution in [0.15, 0.2) is 55.0 Å². The second-order valence-electron chi connectivity index (χ2n) is 5.30. The van der Waals surface area contributed by atoms with E-state index in [9.17, 15) is 5.11 Å². The van der Waals surface area contributed by atoms with Crippen molar-refractivity contribution in [1.82, 2.24) is 19.3 Å². The first kappa shape index (κ1) is 13.8. The lowest BCUT2D eigenvalue weighted by Gasteiger charge is -2.08. The van der Waals surface area contributed by atoms with Gasteiger partial charge in [-0.3, -0.25) is 9.25 Å². The molecule has 0 aliphatic carbocycles. The van der Waals surface area contributed by atoms with Crippen molar-refractivity contribution in [3.8, 4) is 22.7 Å². The number of nitrogens with zero attached hydrogens (tertiary/aromatic N) is 4. The minimum absolute atomic E-state index is 0.207. The number of benzene rings is 2. The van der Waals surface area contributed by atoms with Crippen LogP contribution in [0.25, 0.3) is 28.0 Å². The molecule has 4 aromatic rings. The Morgan fingerprint density at radius 1 is 1.13 bits per heavy atom. The minimum Gasteiger partial charge on any atom is -0.508 e. The summed E-state index contributed by atoms with van der Waals surface area (Å²) in [5.74, 6) is 0.207. The van der Waals surface area contributed by atoms with Crippen molar-refractivity contribution in [2.75, 3.05) is 0 Å². The maximum atomic E-state index is 9.71. The number of halogens is 1. The molecule has 0 bridgehead atoms. The van der Waals surface area contributed by atoms with Crippen molar-refractivity contribution in [3.05, 3.63) is 60.0 Å². The molecule has 23 heavy (non-hydrogen) atoms. The number of aromatic hydroxyl groups is 1. The summed E-state index contributed by atoms with van der Waals surface area (Å²) in [6.45, 7) is 0. The summed E-state index contributed by atoms with van der Waals surface area (Å²) in [5.41, 5.74) is 4.35. The monoisotopic (exact) mass is 324 g/mol. The zero-order valence-corrected chi connectivity index (χ0v) is 13.1. The van der Waals surface area contributed by atoms with Gasteiger partial charge in [-0.15, -0.1) is 0 Å². The number of imidazole rings is 1. The Hall–Kier alpha value is -2.79. The molecule has 0 aliphatic heterocycles. The molecule has 0 unspecified atom stereocenters. The zero-order valence-electron chi connectivity index (χ0n) is 12.3. The van der Waals surface area contributed by atoms with Crippen LogP contribution in [-0.4, -0.2) is 24.4 Å². The van der Waals surface area contributed by atoms with Crippen molar-refractivity contribution >= 4 is 22.6 Å². The fourth-order valence-electron chi connectivity index (χ4n) is 2.73. The van der Waals surface area contributed by atoms with Crippen molar-refractivity contribution in [2.24, 2.45) is 7.05 Å². The fraction of sp³-hybridized carbons (Fsp3) is 0.0588. The van der Waals surface area contributed by atoms with Crippen LogP contribution < -0.4 is 0 Å². The number of rotatable bonds is 2. The van der Waals surface area contributed by atoms with Crippen LogP contribution in [-0.2, 0) is 7.05 Å². The molecule has 0 radical (unpaired) electrons. The van der Waals surface area contributed by atoms with Crippen LogP contribution in [0.3, 0.4) is 0 Å². The fourth-order valence-corrected chi connectivity index (χ4v) is 2.99. The van der Waals surface area contributed by atoms with Gasteiger partial charge in [-0.05, 0) is 30.3 Å². The molecule has 0 spiro atoms. The lowest BCUT2D eigenvalue weighted by molar-refractivity contribution is 0.475. The number of aryl methyl sites for hydroxylation is 1. The van der Waals surface area contributed by atoms with Crippen LogP contribution >= 0.6 is 11.6 Å². The molecular weight excluding hydrogens is 312 g/mol. The molecule has 2 aromatic carbocycles. The SMILES string of the molecule is Cn1nccc1-c1cc(Cl)c2ncn(-c3cccc(O)c3)c2c1. The Kier molecular flexibility index (Phi) is 3.09. The molecule has 0 atom stereocenters. The summed E-state index contributed by atoms with van der Waals surface area (Å²) < 4.78 is 3.70. The summed E-state index contributed by atoms with van der Waals surface area (Å²) in [7, 11) is 1.89. The molecule has 114 valence electrons. The maximum absolute atomic E-state index is 9.71. The number of fused-ring (bicyclic) bond motifs is 1. The quantitative estimate of drug-likeness (QED) is 0.610. The van der Waals surface area contributed by atoms with Gasteiger partial charge in [-0.2, -0.15) is 5.10 Å². The van der Waals surface area contributed by atoms with E-state index in [1.165, 1.54) is 0 Å². The van der Waals surface area contributed by atoms with Gasteiger partial charge in [-0.1, -0.05) is 17.7 Å². The number of phenolic OH excluding ortho intramolecular Hbond substituents is 1. The van der Waals surface area contributed by atoms with Gasteiger partial charge in [0.2, 0.25) is 0 Å². The average molecular weight is 325 g/mol. The van der Waals surface area contributed by atoms with Gasteiger partial charge in [0.05, 0.1) is 21.9 Å². The Bertz CT molecular complexity index is 1020. The highest BCUT2D eigenvalue weighted by molar-refractivity contribution is 6.35. The van der Waals surface area contributed by atoms with E-state index >= 15 is 0 Å². The highest BCUT2D eigenvalue weighted by atomic mass is 35.5. The molecule has 2 heterocycles. The Labute approximate surface area is 137 Å². The van der Waals surface area contributed by atoms with Crippen molar-refractivity contribution in [2.45, 2.75) is 0 Å². The average Bonchev–Trinajstić information content (AvgIpc) is 3.13. The van der Waals surface area contributed by atoms with E-state index in [1.54, 1.807) is 35.4 Å². The lowest BCUT2D eigenvalue weighted by atomic mass is 10.1. The third kappa shape index (κ3) is 2.26. The van der Waals surface area contributed by atoms with Gasteiger partial charge in [-0.25, -0.2) is 4.98 Å². The summed E-state index contributed by atoms with van der Waals surface area (Å²) in [4.78, 5) is 4.40. The Morgan fingerprint density at radius 3 is 2.74 bits per heavy atom. The van der Waals surface area contributed by atoms with Crippen LogP contribution in [0.2, 0.25) is 5.02 Å². The molecule has 1 N–H and O–H groups in total. The highest BCUT2D eigenvalue weighted by Crippen LogP contribution is 2.31. The number of aromatic nitrogens is 4. The number of phenols is 1. The second kappa shape index (κ2) is 5.14. The topological polar surface area (TPSA) is 55.9 Å². The lowest BCUT2D eigenvalue weighted by Crippen LogP contribution is -1.95. The minimum atomic E-state index is 0.207. The summed E-state index contributed by atoms with van der Waals surface area (Å²) >= 11 is 6.41. The van der Waals surface area contributed by atoms with E-state index in [0.29, 0.717) is 5.02 Å². The van der Waals surface area contributed by atoms with E-state index in [1.807, 2.05) is 35.9 Å². The van der Waals surface area contributed by atoms with E-state index < -0.39 is 0 Å². The molecule has 0 amide bonds. The van der Waals surface area contributed by atoms with E-state index in [0.717, 1.165) is 28.0 Å². The first-order valence-corrected chi connectivity index (χ1v) is 7.45. The van der Waals surface area contributed by atoms with Crippen molar-refractivity contribution in [3.63, 3.8) is 0 Å². The summed E-state index contributed by atoms with van der Waals surface area (Å²) in [6, 6.07) is 12.9. The second-order valence-corrected chi connectivity index (χ2v) is 5.71. The third-order valence-electron chi connectivity index (χ3n) is 3.83. The molecule has 2 aromatic heterocycles. The largest absolute Gasteiger partial charge is 0.508 e. The molecule has 0 saturated carbocycles. The Morgan fingerprint density at radius 2 is 2.00 bits per heavy atom. The van der Waals surface area contributed by atoms with Gasteiger partial charge in [0.15, 0.2) is 0 Å². The highest BCUT2D eigenvalue weighted by Gasteiger charge is 2.12. The molecule has 0 aliphatic rings. The molecule has 6 heteroatoms. The first-order valence-electron chi connectivity index (χ1n) is 7.08. The smallest absolute Gasteiger partial charge is 0.117 e. The summed E-state index contributed by atoms with van der Waals surface area (Å²) in [6.07, 6.45) is 3.46. The van der Waals surface area contributed by atoms with Crippen LogP contribution in [0, 0.1) is 0 Å². The standard InChI is InChI=1S/C17H13ClN4O/c1-21-15(5-6-20-21)11-7-14(18)17-16(8-11)22(10-19-17)12-3-2-4-13(23)9-12/h2-10,23H,1H3. The molecule has 5 nitrogen and oxygen atoms in total. The van der Waals surface area contributed by atoms with E-state index in [2.05, 4.69) is 10.1 Å². The van der Waals surface area contributed by atoms with Gasteiger partial charge >= 0.3 is 0 Å². The maximum Gasteiger partial charge on any atom is 0.117 e.